The van der Waals surface area contributed by atoms with Gasteiger partial charge in [0.1, 0.15) is 0 Å². The molecule has 1 aromatic rings. The molecule has 2 heterocycles. The van der Waals surface area contributed by atoms with Gasteiger partial charge in [0, 0.05) is 23.0 Å². The highest BCUT2D eigenvalue weighted by atomic mass is 16.1. The van der Waals surface area contributed by atoms with Crippen LogP contribution in [-0.4, -0.2) is 34.9 Å². The summed E-state index contributed by atoms with van der Waals surface area (Å²) < 4.78 is 2.37. The highest BCUT2D eigenvalue weighted by Crippen LogP contribution is 2.38. The molecule has 1 saturated carbocycles. The van der Waals surface area contributed by atoms with E-state index in [4.69, 9.17) is 0 Å². The number of aromatic nitrogens is 1. The molecule has 0 aromatic carbocycles. The number of piperidine rings is 1. The Hall–Kier alpha value is -1.09. The molecule has 1 aliphatic heterocycles. The van der Waals surface area contributed by atoms with Gasteiger partial charge in [0.2, 0.25) is 0 Å². The summed E-state index contributed by atoms with van der Waals surface area (Å²) in [5.41, 5.74) is 3.38. The molecule has 2 fully saturated rings. The Morgan fingerprint density at radius 3 is 2.45 bits per heavy atom. The van der Waals surface area contributed by atoms with Crippen molar-refractivity contribution in [1.82, 2.24) is 9.47 Å². The standard InChI is InChI=1S/C17H26N2O/c1-12-6-8-18(9-7-12)11-17(20)16-10-13(2)19(14(16)3)15-4-5-15/h10,12,15H,4-9,11H2,1-3H3. The van der Waals surface area contributed by atoms with Crippen molar-refractivity contribution in [3.8, 4) is 0 Å². The molecule has 0 N–H and O–H groups in total. The Morgan fingerprint density at radius 1 is 1.20 bits per heavy atom. The van der Waals surface area contributed by atoms with Gasteiger partial charge >= 0.3 is 0 Å². The van der Waals surface area contributed by atoms with Crippen molar-refractivity contribution in [2.75, 3.05) is 19.6 Å². The van der Waals surface area contributed by atoms with E-state index in [-0.39, 0.29) is 0 Å². The Morgan fingerprint density at radius 2 is 1.85 bits per heavy atom. The van der Waals surface area contributed by atoms with Gasteiger partial charge in [-0.2, -0.15) is 0 Å². The molecule has 3 rings (SSSR count). The minimum Gasteiger partial charge on any atom is -0.345 e. The molecule has 1 saturated heterocycles. The molecule has 1 aliphatic carbocycles. The zero-order valence-electron chi connectivity index (χ0n) is 13.0. The SMILES string of the molecule is Cc1cc(C(=O)CN2CCC(C)CC2)c(C)n1C1CC1. The summed E-state index contributed by atoms with van der Waals surface area (Å²) in [6.07, 6.45) is 5.00. The average molecular weight is 274 g/mol. The van der Waals surface area contributed by atoms with Gasteiger partial charge in [0.15, 0.2) is 5.78 Å². The largest absolute Gasteiger partial charge is 0.345 e. The number of carbonyl (C=O) groups excluding carboxylic acids is 1. The number of ketones is 1. The van der Waals surface area contributed by atoms with Gasteiger partial charge in [0.05, 0.1) is 6.54 Å². The highest BCUT2D eigenvalue weighted by Gasteiger charge is 2.28. The second-order valence-corrected chi connectivity index (χ2v) is 6.77. The van der Waals surface area contributed by atoms with Crippen molar-refractivity contribution in [3.63, 3.8) is 0 Å². The van der Waals surface area contributed by atoms with Crippen LogP contribution in [0.25, 0.3) is 0 Å². The van der Waals surface area contributed by atoms with Gasteiger partial charge in [0.25, 0.3) is 0 Å². The van der Waals surface area contributed by atoms with Crippen LogP contribution < -0.4 is 0 Å². The summed E-state index contributed by atoms with van der Waals surface area (Å²) in [4.78, 5) is 14.9. The molecule has 0 amide bonds. The maximum absolute atomic E-state index is 12.6. The number of aryl methyl sites for hydroxylation is 1. The summed E-state index contributed by atoms with van der Waals surface area (Å²) in [7, 11) is 0. The minimum atomic E-state index is 0.305. The van der Waals surface area contributed by atoms with Crippen LogP contribution >= 0.6 is 0 Å². The molecule has 2 aliphatic rings. The number of rotatable bonds is 4. The molecule has 3 nitrogen and oxygen atoms in total. The molecule has 20 heavy (non-hydrogen) atoms. The quantitative estimate of drug-likeness (QED) is 0.787. The number of likely N-dealkylation sites (tertiary alicyclic amines) is 1. The fourth-order valence-corrected chi connectivity index (χ4v) is 3.46. The number of hydrogen-bond acceptors (Lipinski definition) is 2. The predicted octanol–water partition coefficient (Wildman–Crippen LogP) is 3.35. The molecule has 0 unspecified atom stereocenters. The Labute approximate surface area is 122 Å². The number of nitrogens with zero attached hydrogens (tertiary/aromatic N) is 2. The van der Waals surface area contributed by atoms with Gasteiger partial charge < -0.3 is 4.57 Å². The molecule has 0 spiro atoms. The minimum absolute atomic E-state index is 0.305. The number of Topliss-reactive ketones (excluding diaryl/α,β-unsaturated/α-hetero) is 1. The van der Waals surface area contributed by atoms with Crippen LogP contribution in [0.15, 0.2) is 6.07 Å². The van der Waals surface area contributed by atoms with Crippen LogP contribution in [0.3, 0.4) is 0 Å². The molecular weight excluding hydrogens is 248 g/mol. The Kier molecular flexibility index (Phi) is 3.72. The van der Waals surface area contributed by atoms with E-state index in [0.29, 0.717) is 18.4 Å². The van der Waals surface area contributed by atoms with E-state index < -0.39 is 0 Å². The smallest absolute Gasteiger partial charge is 0.178 e. The van der Waals surface area contributed by atoms with Crippen molar-refractivity contribution in [2.45, 2.75) is 52.5 Å². The number of hydrogen-bond donors (Lipinski definition) is 0. The second kappa shape index (κ2) is 5.36. The van der Waals surface area contributed by atoms with E-state index in [2.05, 4.69) is 36.3 Å². The fourth-order valence-electron chi connectivity index (χ4n) is 3.46. The van der Waals surface area contributed by atoms with Crippen molar-refractivity contribution >= 4 is 5.78 Å². The van der Waals surface area contributed by atoms with Crippen molar-refractivity contribution in [3.05, 3.63) is 23.0 Å². The van der Waals surface area contributed by atoms with E-state index in [1.54, 1.807) is 0 Å². The maximum atomic E-state index is 12.6. The Balaban J connectivity index is 1.69. The lowest BCUT2D eigenvalue weighted by Gasteiger charge is -2.29. The molecule has 0 atom stereocenters. The van der Waals surface area contributed by atoms with Crippen LogP contribution in [0.5, 0.6) is 0 Å². The van der Waals surface area contributed by atoms with E-state index in [9.17, 15) is 4.79 Å². The summed E-state index contributed by atoms with van der Waals surface area (Å²) in [6, 6.07) is 2.76. The fraction of sp³-hybridized carbons (Fsp3) is 0.706. The first-order valence-corrected chi connectivity index (χ1v) is 8.00. The third-order valence-corrected chi connectivity index (χ3v) is 4.94. The topological polar surface area (TPSA) is 25.2 Å². The third-order valence-electron chi connectivity index (χ3n) is 4.94. The first-order chi connectivity index (χ1) is 9.56. The van der Waals surface area contributed by atoms with Crippen molar-refractivity contribution in [2.24, 2.45) is 5.92 Å². The van der Waals surface area contributed by atoms with Gasteiger partial charge in [-0.3, -0.25) is 9.69 Å². The van der Waals surface area contributed by atoms with Crippen LogP contribution in [0.1, 0.15) is 60.4 Å². The zero-order valence-corrected chi connectivity index (χ0v) is 13.0. The molecular formula is C17H26N2O. The summed E-state index contributed by atoms with van der Waals surface area (Å²) in [5.74, 6) is 1.13. The zero-order chi connectivity index (χ0) is 14.3. The van der Waals surface area contributed by atoms with Gasteiger partial charge in [-0.05, 0) is 64.6 Å². The van der Waals surface area contributed by atoms with E-state index in [1.165, 1.54) is 37.1 Å². The van der Waals surface area contributed by atoms with E-state index in [0.717, 1.165) is 24.6 Å². The Bertz CT molecular complexity index is 505. The monoisotopic (exact) mass is 274 g/mol. The van der Waals surface area contributed by atoms with Gasteiger partial charge in [-0.15, -0.1) is 0 Å². The maximum Gasteiger partial charge on any atom is 0.178 e. The summed E-state index contributed by atoms with van der Waals surface area (Å²) in [6.45, 7) is 9.30. The van der Waals surface area contributed by atoms with Crippen LogP contribution in [0.2, 0.25) is 0 Å². The van der Waals surface area contributed by atoms with E-state index >= 15 is 0 Å². The lowest BCUT2D eigenvalue weighted by Crippen LogP contribution is -2.36. The average Bonchev–Trinajstić information content (AvgIpc) is 3.19. The summed E-state index contributed by atoms with van der Waals surface area (Å²) >= 11 is 0. The highest BCUT2D eigenvalue weighted by molar-refractivity contribution is 5.99. The lowest BCUT2D eigenvalue weighted by atomic mass is 9.99. The number of carbonyl (C=O) groups is 1. The first kappa shape index (κ1) is 13.9. The predicted molar refractivity (Wildman–Crippen MR) is 81.3 cm³/mol. The molecule has 3 heteroatoms. The molecule has 110 valence electrons. The van der Waals surface area contributed by atoms with Gasteiger partial charge in [-0.1, -0.05) is 6.92 Å². The molecule has 1 aromatic heterocycles. The van der Waals surface area contributed by atoms with Crippen LogP contribution in [0.4, 0.5) is 0 Å². The molecule has 0 bridgehead atoms. The van der Waals surface area contributed by atoms with Crippen molar-refractivity contribution < 1.29 is 4.79 Å². The van der Waals surface area contributed by atoms with Crippen LogP contribution in [0, 0.1) is 19.8 Å². The normalized spacial score (nSPS) is 21.4. The van der Waals surface area contributed by atoms with E-state index in [1.807, 2.05) is 0 Å². The van der Waals surface area contributed by atoms with Crippen molar-refractivity contribution in [1.29, 1.82) is 0 Å². The first-order valence-electron chi connectivity index (χ1n) is 8.00. The third kappa shape index (κ3) is 2.69. The summed E-state index contributed by atoms with van der Waals surface area (Å²) in [5, 5.41) is 0. The lowest BCUT2D eigenvalue weighted by molar-refractivity contribution is 0.0899. The molecule has 0 radical (unpaired) electrons. The van der Waals surface area contributed by atoms with Gasteiger partial charge in [-0.25, -0.2) is 0 Å². The van der Waals surface area contributed by atoms with Crippen LogP contribution in [-0.2, 0) is 0 Å². The second-order valence-electron chi connectivity index (χ2n) is 6.77.